The Hall–Kier alpha value is -0.0800. The summed E-state index contributed by atoms with van der Waals surface area (Å²) < 4.78 is 0. The Balaban J connectivity index is 1.94. The molecular weight excluding hydrogens is 244 g/mol. The highest BCUT2D eigenvalue weighted by atomic mass is 15.2. The van der Waals surface area contributed by atoms with Crippen LogP contribution in [-0.2, 0) is 0 Å². The fourth-order valence-electron chi connectivity index (χ4n) is 4.38. The van der Waals surface area contributed by atoms with E-state index in [1.54, 1.807) is 0 Å². The van der Waals surface area contributed by atoms with E-state index >= 15 is 0 Å². The largest absolute Gasteiger partial charge is 0.327 e. The van der Waals surface area contributed by atoms with E-state index in [0.717, 1.165) is 23.8 Å². The van der Waals surface area contributed by atoms with Gasteiger partial charge in [-0.15, -0.1) is 0 Å². The Morgan fingerprint density at radius 2 is 1.80 bits per heavy atom. The van der Waals surface area contributed by atoms with Gasteiger partial charge in [-0.3, -0.25) is 4.90 Å². The molecule has 0 heterocycles. The summed E-state index contributed by atoms with van der Waals surface area (Å²) in [6.45, 7) is 9.60. The van der Waals surface area contributed by atoms with Crippen LogP contribution in [0.1, 0.15) is 72.1 Å². The minimum absolute atomic E-state index is 0.453. The normalized spacial score (nSPS) is 32.4. The Kier molecular flexibility index (Phi) is 6.35. The zero-order valence-corrected chi connectivity index (χ0v) is 14.0. The highest BCUT2D eigenvalue weighted by Crippen LogP contribution is 2.33. The molecule has 2 saturated carbocycles. The molecule has 2 nitrogen and oxygen atoms in total. The number of hydrogen-bond donors (Lipinski definition) is 1. The highest BCUT2D eigenvalue weighted by molar-refractivity contribution is 4.87. The quantitative estimate of drug-likeness (QED) is 0.795. The third kappa shape index (κ3) is 4.46. The highest BCUT2D eigenvalue weighted by Gasteiger charge is 2.31. The Morgan fingerprint density at radius 3 is 2.40 bits per heavy atom. The van der Waals surface area contributed by atoms with Crippen molar-refractivity contribution in [1.29, 1.82) is 0 Å². The van der Waals surface area contributed by atoms with Gasteiger partial charge in [0.25, 0.3) is 0 Å². The second-order valence-electron chi connectivity index (χ2n) is 7.80. The van der Waals surface area contributed by atoms with Crippen LogP contribution in [0.3, 0.4) is 0 Å². The zero-order valence-electron chi connectivity index (χ0n) is 14.0. The lowest BCUT2D eigenvalue weighted by molar-refractivity contribution is 0.110. The molecule has 2 rings (SSSR count). The topological polar surface area (TPSA) is 29.3 Å². The summed E-state index contributed by atoms with van der Waals surface area (Å²) in [6, 6.07) is 1.31. The number of hydrogen-bond acceptors (Lipinski definition) is 2. The molecule has 2 N–H and O–H groups in total. The molecule has 0 aliphatic heterocycles. The maximum atomic E-state index is 6.45. The van der Waals surface area contributed by atoms with Crippen LogP contribution in [-0.4, -0.2) is 30.1 Å². The first-order valence-corrected chi connectivity index (χ1v) is 9.09. The third-order valence-corrected chi connectivity index (χ3v) is 5.64. The van der Waals surface area contributed by atoms with Crippen LogP contribution in [0.4, 0.5) is 0 Å². The second-order valence-corrected chi connectivity index (χ2v) is 7.80. The zero-order chi connectivity index (χ0) is 14.5. The van der Waals surface area contributed by atoms with Crippen molar-refractivity contribution >= 4 is 0 Å². The van der Waals surface area contributed by atoms with E-state index in [2.05, 4.69) is 25.7 Å². The van der Waals surface area contributed by atoms with Gasteiger partial charge < -0.3 is 5.73 Å². The van der Waals surface area contributed by atoms with Gasteiger partial charge in [-0.25, -0.2) is 0 Å². The molecule has 0 radical (unpaired) electrons. The van der Waals surface area contributed by atoms with Crippen molar-refractivity contribution in [2.45, 2.75) is 84.2 Å². The molecule has 2 heteroatoms. The summed E-state index contributed by atoms with van der Waals surface area (Å²) in [6.07, 6.45) is 11.1. The Morgan fingerprint density at radius 1 is 1.10 bits per heavy atom. The lowest BCUT2D eigenvalue weighted by atomic mass is 9.77. The van der Waals surface area contributed by atoms with Crippen molar-refractivity contribution in [2.24, 2.45) is 23.5 Å². The molecule has 0 aromatic rings. The van der Waals surface area contributed by atoms with Gasteiger partial charge in [-0.1, -0.05) is 40.0 Å². The summed E-state index contributed by atoms with van der Waals surface area (Å²) in [4.78, 5) is 2.81. The standard InChI is InChI=1S/C18H36N2/c1-4-15-9-10-18(19)16(11-15)13-20(12-14(2)3)17-7-5-6-8-17/h14-18H,4-13,19H2,1-3H3. The first-order valence-electron chi connectivity index (χ1n) is 9.09. The van der Waals surface area contributed by atoms with Gasteiger partial charge in [0.05, 0.1) is 0 Å². The maximum Gasteiger partial charge on any atom is 0.00954 e. The van der Waals surface area contributed by atoms with E-state index in [9.17, 15) is 0 Å². The second kappa shape index (κ2) is 7.79. The minimum Gasteiger partial charge on any atom is -0.327 e. The predicted molar refractivity (Wildman–Crippen MR) is 87.8 cm³/mol. The summed E-state index contributed by atoms with van der Waals surface area (Å²) in [5, 5.41) is 0. The number of rotatable bonds is 6. The van der Waals surface area contributed by atoms with E-state index in [-0.39, 0.29) is 0 Å². The molecule has 3 unspecified atom stereocenters. The molecule has 2 aliphatic rings. The van der Waals surface area contributed by atoms with Gasteiger partial charge >= 0.3 is 0 Å². The van der Waals surface area contributed by atoms with Crippen molar-refractivity contribution in [1.82, 2.24) is 4.90 Å². The van der Waals surface area contributed by atoms with Gasteiger partial charge in [0.2, 0.25) is 0 Å². The summed E-state index contributed by atoms with van der Waals surface area (Å²) >= 11 is 0. The smallest absolute Gasteiger partial charge is 0.00954 e. The number of nitrogens with two attached hydrogens (primary N) is 1. The third-order valence-electron chi connectivity index (χ3n) is 5.64. The fourth-order valence-corrected chi connectivity index (χ4v) is 4.38. The molecule has 118 valence electrons. The summed E-state index contributed by atoms with van der Waals surface area (Å²) in [5.41, 5.74) is 6.45. The van der Waals surface area contributed by atoms with Crippen molar-refractivity contribution in [3.63, 3.8) is 0 Å². The molecule has 20 heavy (non-hydrogen) atoms. The van der Waals surface area contributed by atoms with Crippen LogP contribution in [0.5, 0.6) is 0 Å². The van der Waals surface area contributed by atoms with Gasteiger partial charge in [0.1, 0.15) is 0 Å². The molecular formula is C18H36N2. The maximum absolute atomic E-state index is 6.45. The first kappa shape index (κ1) is 16.3. The van der Waals surface area contributed by atoms with Crippen molar-refractivity contribution in [3.8, 4) is 0 Å². The first-order chi connectivity index (χ1) is 9.60. The van der Waals surface area contributed by atoms with Gasteiger partial charge in [0.15, 0.2) is 0 Å². The monoisotopic (exact) mass is 280 g/mol. The molecule has 0 amide bonds. The Bertz CT molecular complexity index is 271. The van der Waals surface area contributed by atoms with Crippen LogP contribution in [0, 0.1) is 17.8 Å². The molecule has 0 saturated heterocycles. The van der Waals surface area contributed by atoms with E-state index in [1.165, 1.54) is 64.5 Å². The van der Waals surface area contributed by atoms with Crippen LogP contribution in [0.15, 0.2) is 0 Å². The van der Waals surface area contributed by atoms with Gasteiger partial charge in [-0.2, -0.15) is 0 Å². The van der Waals surface area contributed by atoms with Crippen LogP contribution < -0.4 is 5.73 Å². The van der Waals surface area contributed by atoms with Crippen molar-refractivity contribution in [3.05, 3.63) is 0 Å². The molecule has 2 aliphatic carbocycles. The average Bonchev–Trinajstić information content (AvgIpc) is 2.94. The molecule has 0 bridgehead atoms. The van der Waals surface area contributed by atoms with Crippen LogP contribution in [0.2, 0.25) is 0 Å². The van der Waals surface area contributed by atoms with E-state index in [4.69, 9.17) is 5.73 Å². The van der Waals surface area contributed by atoms with E-state index < -0.39 is 0 Å². The molecule has 0 aromatic heterocycles. The molecule has 2 fully saturated rings. The number of nitrogens with zero attached hydrogens (tertiary/aromatic N) is 1. The lowest BCUT2D eigenvalue weighted by Gasteiger charge is -2.39. The predicted octanol–water partition coefficient (Wildman–Crippen LogP) is 4.04. The summed E-state index contributed by atoms with van der Waals surface area (Å²) in [7, 11) is 0. The molecule has 0 aromatic carbocycles. The van der Waals surface area contributed by atoms with Crippen LogP contribution in [0.25, 0.3) is 0 Å². The van der Waals surface area contributed by atoms with Gasteiger partial charge in [-0.05, 0) is 49.9 Å². The molecule has 3 atom stereocenters. The average molecular weight is 280 g/mol. The van der Waals surface area contributed by atoms with E-state index in [0.29, 0.717) is 6.04 Å². The summed E-state index contributed by atoms with van der Waals surface area (Å²) in [5.74, 6) is 2.45. The fraction of sp³-hybridized carbons (Fsp3) is 1.00. The van der Waals surface area contributed by atoms with Crippen LogP contribution >= 0.6 is 0 Å². The van der Waals surface area contributed by atoms with Crippen molar-refractivity contribution < 1.29 is 0 Å². The molecule has 0 spiro atoms. The van der Waals surface area contributed by atoms with Gasteiger partial charge in [0, 0.05) is 25.2 Å². The Labute approximate surface area is 126 Å². The SMILES string of the molecule is CCC1CCC(N)C(CN(CC(C)C)C2CCCC2)C1. The van der Waals surface area contributed by atoms with E-state index in [1.807, 2.05) is 0 Å². The van der Waals surface area contributed by atoms with Crippen molar-refractivity contribution in [2.75, 3.05) is 13.1 Å². The minimum atomic E-state index is 0.453. The lowest BCUT2D eigenvalue weighted by Crippen LogP contribution is -2.46.